The van der Waals surface area contributed by atoms with Gasteiger partial charge in [-0.05, 0) is 61.4 Å². The highest BCUT2D eigenvalue weighted by atomic mass is 16.5. The Morgan fingerprint density at radius 2 is 1.76 bits per heavy atom. The molecule has 1 saturated heterocycles. The van der Waals surface area contributed by atoms with Crippen LogP contribution < -0.4 is 9.64 Å². The molecule has 1 aliphatic carbocycles. The Kier molecular flexibility index (Phi) is 5.15. The maximum absolute atomic E-state index is 5.56. The molecule has 3 aromatic rings. The van der Waals surface area contributed by atoms with Crippen molar-refractivity contribution in [2.75, 3.05) is 38.2 Å². The first-order chi connectivity index (χ1) is 14.3. The molecule has 0 radical (unpaired) electrons. The third-order valence-electron chi connectivity index (χ3n) is 6.88. The standard InChI is InChI=1S/C24H30N4O/c1-29-23-7-3-2-6-22(23)28-15-13-27(14-16-28)19-10-8-18(9-11-19)21-17-26-24-20(21)5-4-12-25-24/h2-7,12,17-19H,8-11,13-16H2,1H3,(H,25,26). The minimum Gasteiger partial charge on any atom is -0.495 e. The normalized spacial score (nSPS) is 23.4. The van der Waals surface area contributed by atoms with E-state index in [9.17, 15) is 0 Å². The van der Waals surface area contributed by atoms with E-state index in [0.29, 0.717) is 5.92 Å². The largest absolute Gasteiger partial charge is 0.495 e. The fourth-order valence-electron chi connectivity index (χ4n) is 5.29. The Morgan fingerprint density at radius 1 is 0.966 bits per heavy atom. The number of aromatic amines is 1. The smallest absolute Gasteiger partial charge is 0.142 e. The highest BCUT2D eigenvalue weighted by molar-refractivity contribution is 5.80. The van der Waals surface area contributed by atoms with Crippen molar-refractivity contribution < 1.29 is 4.74 Å². The summed E-state index contributed by atoms with van der Waals surface area (Å²) in [4.78, 5) is 13.0. The lowest BCUT2D eigenvalue weighted by molar-refractivity contribution is 0.141. The van der Waals surface area contributed by atoms with Crippen LogP contribution in [0.3, 0.4) is 0 Å². The van der Waals surface area contributed by atoms with Gasteiger partial charge in [0, 0.05) is 50.0 Å². The molecule has 5 heteroatoms. The number of benzene rings is 1. The molecule has 1 aromatic carbocycles. The maximum Gasteiger partial charge on any atom is 0.142 e. The molecule has 5 rings (SSSR count). The number of hydrogen-bond donors (Lipinski definition) is 1. The summed E-state index contributed by atoms with van der Waals surface area (Å²) < 4.78 is 5.56. The van der Waals surface area contributed by atoms with Gasteiger partial charge in [0.15, 0.2) is 0 Å². The molecule has 152 valence electrons. The minimum atomic E-state index is 0.666. The minimum absolute atomic E-state index is 0.666. The summed E-state index contributed by atoms with van der Waals surface area (Å²) in [6, 6.07) is 13.4. The number of fused-ring (bicyclic) bond motifs is 1. The summed E-state index contributed by atoms with van der Waals surface area (Å²) in [5.41, 5.74) is 3.72. The zero-order valence-corrected chi connectivity index (χ0v) is 17.2. The van der Waals surface area contributed by atoms with E-state index in [2.05, 4.69) is 50.2 Å². The zero-order valence-electron chi connectivity index (χ0n) is 17.2. The number of nitrogens with zero attached hydrogens (tertiary/aromatic N) is 3. The van der Waals surface area contributed by atoms with Crippen LogP contribution in [0.25, 0.3) is 11.0 Å². The van der Waals surface area contributed by atoms with Gasteiger partial charge in [-0.1, -0.05) is 12.1 Å². The number of ether oxygens (including phenoxy) is 1. The molecule has 1 saturated carbocycles. The second-order valence-corrected chi connectivity index (χ2v) is 8.34. The van der Waals surface area contributed by atoms with Crippen LogP contribution in [0.4, 0.5) is 5.69 Å². The number of H-pyrrole nitrogens is 1. The molecule has 1 aliphatic heterocycles. The first-order valence-corrected chi connectivity index (χ1v) is 10.9. The van der Waals surface area contributed by atoms with Gasteiger partial charge in [0.05, 0.1) is 12.8 Å². The van der Waals surface area contributed by atoms with Crippen LogP contribution in [0.1, 0.15) is 37.2 Å². The van der Waals surface area contributed by atoms with E-state index in [1.807, 2.05) is 18.3 Å². The Labute approximate surface area is 172 Å². The second-order valence-electron chi connectivity index (χ2n) is 8.34. The van der Waals surface area contributed by atoms with Crippen LogP contribution in [0.5, 0.6) is 5.75 Å². The number of nitrogens with one attached hydrogen (secondary N) is 1. The van der Waals surface area contributed by atoms with Crippen molar-refractivity contribution in [1.82, 2.24) is 14.9 Å². The summed E-state index contributed by atoms with van der Waals surface area (Å²) >= 11 is 0. The molecule has 3 heterocycles. The van der Waals surface area contributed by atoms with Crippen LogP contribution >= 0.6 is 0 Å². The molecule has 0 unspecified atom stereocenters. The van der Waals surface area contributed by atoms with Gasteiger partial charge in [-0.25, -0.2) is 4.98 Å². The predicted molar refractivity (Wildman–Crippen MR) is 118 cm³/mol. The van der Waals surface area contributed by atoms with E-state index in [-0.39, 0.29) is 0 Å². The highest BCUT2D eigenvalue weighted by Crippen LogP contribution is 2.38. The number of aromatic nitrogens is 2. The monoisotopic (exact) mass is 390 g/mol. The molecule has 0 amide bonds. The number of anilines is 1. The number of piperazine rings is 1. The molecule has 0 bridgehead atoms. The molecular formula is C24H30N4O. The zero-order chi connectivity index (χ0) is 19.6. The number of rotatable bonds is 4. The summed E-state index contributed by atoms with van der Waals surface area (Å²) in [6.07, 6.45) is 9.20. The fourth-order valence-corrected chi connectivity index (χ4v) is 5.29. The topological polar surface area (TPSA) is 44.4 Å². The summed E-state index contributed by atoms with van der Waals surface area (Å²) in [5.74, 6) is 1.65. The van der Waals surface area contributed by atoms with E-state index in [0.717, 1.165) is 43.6 Å². The number of methoxy groups -OCH3 is 1. The molecule has 29 heavy (non-hydrogen) atoms. The molecule has 2 fully saturated rings. The number of hydrogen-bond acceptors (Lipinski definition) is 4. The third kappa shape index (κ3) is 3.60. The van der Waals surface area contributed by atoms with Crippen molar-refractivity contribution in [3.63, 3.8) is 0 Å². The molecule has 5 nitrogen and oxygen atoms in total. The van der Waals surface area contributed by atoms with E-state index in [1.54, 1.807) is 7.11 Å². The van der Waals surface area contributed by atoms with Crippen molar-refractivity contribution >= 4 is 16.7 Å². The summed E-state index contributed by atoms with van der Waals surface area (Å²) in [7, 11) is 1.76. The molecule has 0 spiro atoms. The predicted octanol–water partition coefficient (Wildman–Crippen LogP) is 4.42. The van der Waals surface area contributed by atoms with Crippen molar-refractivity contribution in [1.29, 1.82) is 0 Å². The van der Waals surface area contributed by atoms with Gasteiger partial charge >= 0.3 is 0 Å². The highest BCUT2D eigenvalue weighted by Gasteiger charge is 2.30. The Bertz CT molecular complexity index is 952. The van der Waals surface area contributed by atoms with Gasteiger partial charge in [-0.2, -0.15) is 0 Å². The maximum atomic E-state index is 5.56. The van der Waals surface area contributed by atoms with Crippen LogP contribution in [-0.4, -0.2) is 54.2 Å². The second kappa shape index (κ2) is 8.07. The molecular weight excluding hydrogens is 360 g/mol. The number of pyridine rings is 1. The third-order valence-corrected chi connectivity index (χ3v) is 6.88. The first kappa shape index (κ1) is 18.5. The Hall–Kier alpha value is -2.53. The van der Waals surface area contributed by atoms with Crippen LogP contribution in [-0.2, 0) is 0 Å². The van der Waals surface area contributed by atoms with Gasteiger partial charge < -0.3 is 14.6 Å². The van der Waals surface area contributed by atoms with Gasteiger partial charge in [0.2, 0.25) is 0 Å². The summed E-state index contributed by atoms with van der Waals surface area (Å²) in [6.45, 7) is 4.44. The van der Waals surface area contributed by atoms with Gasteiger partial charge in [-0.3, -0.25) is 4.90 Å². The summed E-state index contributed by atoms with van der Waals surface area (Å²) in [5, 5.41) is 1.31. The molecule has 2 aliphatic rings. The molecule has 2 aromatic heterocycles. The lowest BCUT2D eigenvalue weighted by Gasteiger charge is -2.42. The van der Waals surface area contributed by atoms with Crippen LogP contribution in [0, 0.1) is 0 Å². The number of para-hydroxylation sites is 2. The van der Waals surface area contributed by atoms with Crippen molar-refractivity contribution in [2.24, 2.45) is 0 Å². The molecule has 1 N–H and O–H groups in total. The average Bonchev–Trinajstić information content (AvgIpc) is 3.23. The molecule has 0 atom stereocenters. The van der Waals surface area contributed by atoms with E-state index in [1.165, 1.54) is 42.3 Å². The van der Waals surface area contributed by atoms with Gasteiger partial charge in [0.1, 0.15) is 11.4 Å². The van der Waals surface area contributed by atoms with Gasteiger partial charge in [0.25, 0.3) is 0 Å². The SMILES string of the molecule is COc1ccccc1N1CCN(C2CCC(c3c[nH]c4ncccc34)CC2)CC1. The van der Waals surface area contributed by atoms with Crippen LogP contribution in [0.2, 0.25) is 0 Å². The lowest BCUT2D eigenvalue weighted by Crippen LogP contribution is -2.51. The first-order valence-electron chi connectivity index (χ1n) is 10.9. The van der Waals surface area contributed by atoms with Crippen molar-refractivity contribution in [2.45, 2.75) is 37.6 Å². The van der Waals surface area contributed by atoms with E-state index in [4.69, 9.17) is 4.74 Å². The van der Waals surface area contributed by atoms with Gasteiger partial charge in [-0.15, -0.1) is 0 Å². The average molecular weight is 391 g/mol. The Morgan fingerprint density at radius 3 is 2.55 bits per heavy atom. The van der Waals surface area contributed by atoms with Crippen molar-refractivity contribution in [3.8, 4) is 5.75 Å². The van der Waals surface area contributed by atoms with E-state index >= 15 is 0 Å². The fraction of sp³-hybridized carbons (Fsp3) is 0.458. The van der Waals surface area contributed by atoms with Crippen molar-refractivity contribution in [3.05, 3.63) is 54.4 Å². The Balaban J connectivity index is 1.18. The lowest BCUT2D eigenvalue weighted by atomic mass is 9.81. The quantitative estimate of drug-likeness (QED) is 0.716. The van der Waals surface area contributed by atoms with Crippen LogP contribution in [0.15, 0.2) is 48.8 Å². The van der Waals surface area contributed by atoms with E-state index < -0.39 is 0 Å².